The summed E-state index contributed by atoms with van der Waals surface area (Å²) in [5.41, 5.74) is -0.899. The molecule has 2 heterocycles. The highest BCUT2D eigenvalue weighted by atomic mass is 16.5. The Kier molecular flexibility index (Phi) is 3.69. The van der Waals surface area contributed by atoms with Gasteiger partial charge in [0.05, 0.1) is 13.4 Å². The molecule has 2 atom stereocenters. The van der Waals surface area contributed by atoms with E-state index in [4.69, 9.17) is 13.9 Å². The number of benzene rings is 1. The standard InChI is InChI=1S/C17H17NO5/c1-11(19)17(22-3)15(14-5-4-10-23-14)18(16(17)20)12-6-8-13(21-2)9-7-12/h4-10,15H,1-3H3/t15?,17-/m0/s1. The number of methoxy groups -OCH3 is 2. The molecule has 6 nitrogen and oxygen atoms in total. The number of hydrogen-bond donors (Lipinski definition) is 0. The van der Waals surface area contributed by atoms with Crippen molar-refractivity contribution in [3.05, 3.63) is 48.4 Å². The number of anilines is 1. The Hall–Kier alpha value is -2.60. The minimum absolute atomic E-state index is 0.351. The van der Waals surface area contributed by atoms with Gasteiger partial charge in [-0.05, 0) is 43.3 Å². The van der Waals surface area contributed by atoms with Crippen molar-refractivity contribution in [2.24, 2.45) is 0 Å². The Morgan fingerprint density at radius 1 is 1.22 bits per heavy atom. The van der Waals surface area contributed by atoms with E-state index in [1.165, 1.54) is 25.2 Å². The summed E-state index contributed by atoms with van der Waals surface area (Å²) in [6.07, 6.45) is 1.50. The lowest BCUT2D eigenvalue weighted by atomic mass is 9.77. The molecule has 120 valence electrons. The van der Waals surface area contributed by atoms with Crippen LogP contribution in [0.25, 0.3) is 0 Å². The van der Waals surface area contributed by atoms with Gasteiger partial charge >= 0.3 is 0 Å². The van der Waals surface area contributed by atoms with E-state index in [0.717, 1.165) is 0 Å². The van der Waals surface area contributed by atoms with Crippen LogP contribution < -0.4 is 9.64 Å². The van der Waals surface area contributed by atoms with Gasteiger partial charge in [-0.3, -0.25) is 14.5 Å². The summed E-state index contributed by atoms with van der Waals surface area (Å²) in [6, 6.07) is 9.82. The average Bonchev–Trinajstić information content (AvgIpc) is 3.07. The predicted octanol–water partition coefficient (Wildman–Crippen LogP) is 2.35. The second kappa shape index (κ2) is 5.55. The van der Waals surface area contributed by atoms with Crippen LogP contribution in [0.3, 0.4) is 0 Å². The van der Waals surface area contributed by atoms with Gasteiger partial charge in [0.15, 0.2) is 5.78 Å². The zero-order chi connectivity index (χ0) is 16.6. The van der Waals surface area contributed by atoms with Crippen LogP contribution in [0.4, 0.5) is 5.69 Å². The van der Waals surface area contributed by atoms with E-state index in [0.29, 0.717) is 17.2 Å². The van der Waals surface area contributed by atoms with Crippen LogP contribution >= 0.6 is 0 Å². The molecular weight excluding hydrogens is 298 g/mol. The van der Waals surface area contributed by atoms with Gasteiger partial charge in [-0.25, -0.2) is 0 Å². The monoisotopic (exact) mass is 315 g/mol. The van der Waals surface area contributed by atoms with Gasteiger partial charge < -0.3 is 13.9 Å². The smallest absolute Gasteiger partial charge is 0.270 e. The van der Waals surface area contributed by atoms with Crippen molar-refractivity contribution < 1.29 is 23.5 Å². The zero-order valence-corrected chi connectivity index (χ0v) is 13.1. The number of carbonyl (C=O) groups excluding carboxylic acids is 2. The second-order valence-corrected chi connectivity index (χ2v) is 5.29. The van der Waals surface area contributed by atoms with Gasteiger partial charge in [0.2, 0.25) is 5.60 Å². The van der Waals surface area contributed by atoms with E-state index >= 15 is 0 Å². The molecule has 1 aliphatic rings. The van der Waals surface area contributed by atoms with Gasteiger partial charge in [-0.1, -0.05) is 0 Å². The minimum atomic E-state index is -1.54. The molecule has 0 spiro atoms. The Labute approximate surface area is 133 Å². The van der Waals surface area contributed by atoms with Crippen molar-refractivity contribution in [1.82, 2.24) is 0 Å². The van der Waals surface area contributed by atoms with Gasteiger partial charge in [0.1, 0.15) is 17.6 Å². The molecule has 1 amide bonds. The maximum absolute atomic E-state index is 12.7. The molecule has 1 unspecified atom stereocenters. The van der Waals surface area contributed by atoms with Crippen LogP contribution in [0.2, 0.25) is 0 Å². The van der Waals surface area contributed by atoms with Crippen LogP contribution in [0.15, 0.2) is 47.1 Å². The third-order valence-corrected chi connectivity index (χ3v) is 4.19. The zero-order valence-electron chi connectivity index (χ0n) is 13.1. The average molecular weight is 315 g/mol. The lowest BCUT2D eigenvalue weighted by molar-refractivity contribution is -0.169. The molecule has 0 aliphatic carbocycles. The third-order valence-electron chi connectivity index (χ3n) is 4.19. The summed E-state index contributed by atoms with van der Waals surface area (Å²) in [5, 5.41) is 0. The van der Waals surface area contributed by atoms with Gasteiger partial charge in [0, 0.05) is 12.8 Å². The highest BCUT2D eigenvalue weighted by molar-refractivity contribution is 6.22. The third kappa shape index (κ3) is 2.06. The largest absolute Gasteiger partial charge is 0.497 e. The molecule has 0 bridgehead atoms. The fourth-order valence-electron chi connectivity index (χ4n) is 3.00. The molecule has 1 aromatic carbocycles. The van der Waals surface area contributed by atoms with Crippen molar-refractivity contribution in [3.63, 3.8) is 0 Å². The van der Waals surface area contributed by atoms with Crippen LogP contribution in [-0.4, -0.2) is 31.5 Å². The number of nitrogens with zero attached hydrogens (tertiary/aromatic N) is 1. The van der Waals surface area contributed by atoms with Crippen molar-refractivity contribution >= 4 is 17.4 Å². The first-order valence-electron chi connectivity index (χ1n) is 7.13. The summed E-state index contributed by atoms with van der Waals surface area (Å²) in [4.78, 5) is 26.4. The van der Waals surface area contributed by atoms with Crippen LogP contribution in [0.5, 0.6) is 5.75 Å². The van der Waals surface area contributed by atoms with Crippen molar-refractivity contribution in [1.29, 1.82) is 0 Å². The first-order chi connectivity index (χ1) is 11.1. The highest BCUT2D eigenvalue weighted by Crippen LogP contribution is 2.49. The number of carbonyl (C=O) groups is 2. The quantitative estimate of drug-likeness (QED) is 0.626. The number of Topliss-reactive ketones (excluding diaryl/α,β-unsaturated/α-hetero) is 1. The van der Waals surface area contributed by atoms with E-state index in [-0.39, 0.29) is 5.78 Å². The van der Waals surface area contributed by atoms with Crippen molar-refractivity contribution in [3.8, 4) is 5.75 Å². The molecule has 0 radical (unpaired) electrons. The number of ketones is 1. The molecule has 1 aliphatic heterocycles. The fourth-order valence-corrected chi connectivity index (χ4v) is 3.00. The SMILES string of the molecule is COc1ccc(N2C(=O)[C@](OC)(C(C)=O)C2c2ccco2)cc1. The van der Waals surface area contributed by atoms with Crippen LogP contribution in [0.1, 0.15) is 18.7 Å². The van der Waals surface area contributed by atoms with Gasteiger partial charge in [0.25, 0.3) is 5.91 Å². The lowest BCUT2D eigenvalue weighted by Gasteiger charge is -2.52. The number of furan rings is 1. The number of ether oxygens (including phenoxy) is 2. The van der Waals surface area contributed by atoms with E-state index in [1.807, 2.05) is 0 Å². The summed E-state index contributed by atoms with van der Waals surface area (Å²) in [5.74, 6) is 0.425. The molecular formula is C17H17NO5. The highest BCUT2D eigenvalue weighted by Gasteiger charge is 2.67. The van der Waals surface area contributed by atoms with E-state index < -0.39 is 17.6 Å². The molecule has 3 rings (SSSR count). The summed E-state index contributed by atoms with van der Waals surface area (Å²) in [6.45, 7) is 1.35. The summed E-state index contributed by atoms with van der Waals surface area (Å²) < 4.78 is 15.9. The summed E-state index contributed by atoms with van der Waals surface area (Å²) >= 11 is 0. The molecule has 0 saturated carbocycles. The predicted molar refractivity (Wildman–Crippen MR) is 82.4 cm³/mol. The molecule has 1 aromatic heterocycles. The fraction of sp³-hybridized carbons (Fsp3) is 0.294. The van der Waals surface area contributed by atoms with Crippen molar-refractivity contribution in [2.45, 2.75) is 18.6 Å². The van der Waals surface area contributed by atoms with Gasteiger partial charge in [-0.2, -0.15) is 0 Å². The normalized spacial score (nSPS) is 23.5. The maximum atomic E-state index is 12.7. The Morgan fingerprint density at radius 3 is 2.39 bits per heavy atom. The molecule has 2 aromatic rings. The first kappa shape index (κ1) is 15.3. The Morgan fingerprint density at radius 2 is 1.91 bits per heavy atom. The summed E-state index contributed by atoms with van der Waals surface area (Å²) in [7, 11) is 2.93. The number of hydrogen-bond acceptors (Lipinski definition) is 5. The van der Waals surface area contributed by atoms with E-state index in [9.17, 15) is 9.59 Å². The van der Waals surface area contributed by atoms with E-state index in [1.54, 1.807) is 43.5 Å². The molecule has 1 saturated heterocycles. The van der Waals surface area contributed by atoms with Gasteiger partial charge in [-0.15, -0.1) is 0 Å². The number of rotatable bonds is 5. The van der Waals surface area contributed by atoms with Crippen LogP contribution in [0, 0.1) is 0 Å². The molecule has 23 heavy (non-hydrogen) atoms. The second-order valence-electron chi connectivity index (χ2n) is 5.29. The molecule has 1 fully saturated rings. The molecule has 0 N–H and O–H groups in total. The first-order valence-corrected chi connectivity index (χ1v) is 7.13. The lowest BCUT2D eigenvalue weighted by Crippen LogP contribution is -2.72. The topological polar surface area (TPSA) is 69.0 Å². The number of amides is 1. The van der Waals surface area contributed by atoms with Crippen molar-refractivity contribution in [2.75, 3.05) is 19.1 Å². The minimum Gasteiger partial charge on any atom is -0.497 e. The Bertz CT molecular complexity index is 722. The Balaban J connectivity index is 2.06. The number of β-lactam (4-membered cyclic amide) rings is 1. The maximum Gasteiger partial charge on any atom is 0.270 e. The molecule has 6 heteroatoms. The van der Waals surface area contributed by atoms with E-state index in [2.05, 4.69) is 0 Å². The van der Waals surface area contributed by atoms with Crippen LogP contribution in [-0.2, 0) is 14.3 Å².